The van der Waals surface area contributed by atoms with E-state index in [9.17, 15) is 0 Å². The number of aromatic nitrogens is 2. The fourth-order valence-corrected chi connectivity index (χ4v) is 2.47. The van der Waals surface area contributed by atoms with Gasteiger partial charge in [-0.3, -0.25) is 4.68 Å². The Morgan fingerprint density at radius 2 is 2.20 bits per heavy atom. The Balaban J connectivity index is 1.77. The Kier molecular flexibility index (Phi) is 3.10. The average Bonchev–Trinajstić information content (AvgIpc) is 2.78. The SMILES string of the molecule is Cn1nccc1CCNC1(C)CCCC1. The van der Waals surface area contributed by atoms with Crippen molar-refractivity contribution in [2.45, 2.75) is 44.6 Å². The van der Waals surface area contributed by atoms with Crippen LogP contribution in [0.3, 0.4) is 0 Å². The molecule has 15 heavy (non-hydrogen) atoms. The Morgan fingerprint density at radius 3 is 2.80 bits per heavy atom. The normalized spacial score (nSPS) is 19.6. The Hall–Kier alpha value is -0.830. The molecule has 3 heteroatoms. The molecule has 1 N–H and O–H groups in total. The van der Waals surface area contributed by atoms with Gasteiger partial charge in [0, 0.05) is 37.4 Å². The summed E-state index contributed by atoms with van der Waals surface area (Å²) in [5.41, 5.74) is 1.71. The Labute approximate surface area is 91.9 Å². The van der Waals surface area contributed by atoms with Crippen molar-refractivity contribution in [3.05, 3.63) is 18.0 Å². The summed E-state index contributed by atoms with van der Waals surface area (Å²) in [6.07, 6.45) is 8.37. The molecule has 0 saturated heterocycles. The van der Waals surface area contributed by atoms with Gasteiger partial charge < -0.3 is 5.32 Å². The van der Waals surface area contributed by atoms with Gasteiger partial charge in [0.05, 0.1) is 0 Å². The molecule has 0 atom stereocenters. The first-order valence-corrected chi connectivity index (χ1v) is 5.92. The molecule has 84 valence electrons. The predicted molar refractivity (Wildman–Crippen MR) is 61.8 cm³/mol. The van der Waals surface area contributed by atoms with Crippen molar-refractivity contribution in [1.82, 2.24) is 15.1 Å². The highest BCUT2D eigenvalue weighted by atomic mass is 15.3. The molecule has 1 aliphatic rings. The van der Waals surface area contributed by atoms with E-state index in [1.165, 1.54) is 31.4 Å². The van der Waals surface area contributed by atoms with Crippen LogP contribution in [0.1, 0.15) is 38.3 Å². The van der Waals surface area contributed by atoms with Crippen molar-refractivity contribution >= 4 is 0 Å². The maximum atomic E-state index is 4.17. The molecule has 0 spiro atoms. The maximum absolute atomic E-state index is 4.17. The molecule has 0 amide bonds. The van der Waals surface area contributed by atoms with Crippen LogP contribution in [0.25, 0.3) is 0 Å². The van der Waals surface area contributed by atoms with Crippen LogP contribution in [-0.4, -0.2) is 21.9 Å². The largest absolute Gasteiger partial charge is 0.311 e. The van der Waals surface area contributed by atoms with Gasteiger partial charge >= 0.3 is 0 Å². The monoisotopic (exact) mass is 207 g/mol. The van der Waals surface area contributed by atoms with Gasteiger partial charge in [-0.2, -0.15) is 5.10 Å². The third kappa shape index (κ3) is 2.59. The summed E-state index contributed by atoms with van der Waals surface area (Å²) in [4.78, 5) is 0. The van der Waals surface area contributed by atoms with E-state index in [-0.39, 0.29) is 0 Å². The molecular formula is C12H21N3. The molecule has 0 unspecified atom stereocenters. The van der Waals surface area contributed by atoms with Gasteiger partial charge in [-0.05, 0) is 25.8 Å². The fourth-order valence-electron chi connectivity index (χ4n) is 2.47. The number of nitrogens with zero attached hydrogens (tertiary/aromatic N) is 2. The second-order valence-corrected chi connectivity index (χ2v) is 4.89. The van der Waals surface area contributed by atoms with Gasteiger partial charge in [0.25, 0.3) is 0 Å². The van der Waals surface area contributed by atoms with Gasteiger partial charge in [0.1, 0.15) is 0 Å². The summed E-state index contributed by atoms with van der Waals surface area (Å²) in [6, 6.07) is 2.10. The van der Waals surface area contributed by atoms with Crippen molar-refractivity contribution in [2.24, 2.45) is 7.05 Å². The zero-order valence-corrected chi connectivity index (χ0v) is 9.79. The number of aryl methyl sites for hydroxylation is 1. The van der Waals surface area contributed by atoms with E-state index in [1.807, 2.05) is 17.9 Å². The van der Waals surface area contributed by atoms with Gasteiger partial charge in [-0.15, -0.1) is 0 Å². The van der Waals surface area contributed by atoms with Gasteiger partial charge in [-0.1, -0.05) is 12.8 Å². The van der Waals surface area contributed by atoms with Crippen LogP contribution in [-0.2, 0) is 13.5 Å². The molecule has 1 aromatic heterocycles. The van der Waals surface area contributed by atoms with E-state index >= 15 is 0 Å². The lowest BCUT2D eigenvalue weighted by Gasteiger charge is -2.25. The van der Waals surface area contributed by atoms with E-state index in [0.717, 1.165) is 13.0 Å². The standard InChI is InChI=1S/C12H21N3/c1-12(7-3-4-8-12)13-9-5-11-6-10-14-15(11)2/h6,10,13H,3-5,7-9H2,1-2H3. The lowest BCUT2D eigenvalue weighted by Crippen LogP contribution is -2.40. The zero-order chi connectivity index (χ0) is 10.7. The minimum atomic E-state index is 0.401. The lowest BCUT2D eigenvalue weighted by molar-refractivity contribution is 0.366. The molecule has 1 saturated carbocycles. The summed E-state index contributed by atoms with van der Waals surface area (Å²) >= 11 is 0. The number of rotatable bonds is 4. The third-order valence-corrected chi connectivity index (χ3v) is 3.56. The lowest BCUT2D eigenvalue weighted by atomic mass is 10.0. The predicted octanol–water partition coefficient (Wildman–Crippen LogP) is 1.88. The molecule has 0 bridgehead atoms. The number of hydrogen-bond acceptors (Lipinski definition) is 2. The highest BCUT2D eigenvalue weighted by molar-refractivity contribution is 5.01. The van der Waals surface area contributed by atoms with E-state index in [4.69, 9.17) is 0 Å². The van der Waals surface area contributed by atoms with Crippen LogP contribution < -0.4 is 5.32 Å². The summed E-state index contributed by atoms with van der Waals surface area (Å²) < 4.78 is 1.96. The molecule has 1 aromatic rings. The highest BCUT2D eigenvalue weighted by Crippen LogP contribution is 2.28. The van der Waals surface area contributed by atoms with Crippen molar-refractivity contribution in [1.29, 1.82) is 0 Å². The molecule has 1 aliphatic carbocycles. The molecule has 2 rings (SSSR count). The van der Waals surface area contributed by atoms with E-state index in [1.54, 1.807) is 0 Å². The second kappa shape index (κ2) is 4.35. The van der Waals surface area contributed by atoms with E-state index in [0.29, 0.717) is 5.54 Å². The first-order valence-electron chi connectivity index (χ1n) is 5.92. The summed E-state index contributed by atoms with van der Waals surface area (Å²) in [5.74, 6) is 0. The minimum Gasteiger partial charge on any atom is -0.311 e. The van der Waals surface area contributed by atoms with Gasteiger partial charge in [0.15, 0.2) is 0 Å². The average molecular weight is 207 g/mol. The maximum Gasteiger partial charge on any atom is 0.0492 e. The Bertz CT molecular complexity index is 310. The van der Waals surface area contributed by atoms with Crippen molar-refractivity contribution in [2.75, 3.05) is 6.54 Å². The summed E-state index contributed by atoms with van der Waals surface area (Å²) in [5, 5.41) is 7.86. The molecule has 0 radical (unpaired) electrons. The van der Waals surface area contributed by atoms with Crippen molar-refractivity contribution in [3.8, 4) is 0 Å². The first kappa shape index (κ1) is 10.7. The summed E-state index contributed by atoms with van der Waals surface area (Å²) in [7, 11) is 2.01. The molecule has 0 aromatic carbocycles. The molecule has 1 heterocycles. The number of nitrogens with one attached hydrogen (secondary N) is 1. The zero-order valence-electron chi connectivity index (χ0n) is 9.79. The van der Waals surface area contributed by atoms with Crippen molar-refractivity contribution < 1.29 is 0 Å². The highest BCUT2D eigenvalue weighted by Gasteiger charge is 2.27. The number of hydrogen-bond donors (Lipinski definition) is 1. The molecule has 0 aliphatic heterocycles. The molecular weight excluding hydrogens is 186 g/mol. The van der Waals surface area contributed by atoms with Crippen LogP contribution in [0.4, 0.5) is 0 Å². The van der Waals surface area contributed by atoms with Crippen LogP contribution in [0.5, 0.6) is 0 Å². The molecule has 1 fully saturated rings. The van der Waals surface area contributed by atoms with Crippen LogP contribution in [0.15, 0.2) is 12.3 Å². The van der Waals surface area contributed by atoms with Crippen LogP contribution >= 0.6 is 0 Å². The first-order chi connectivity index (χ1) is 7.20. The van der Waals surface area contributed by atoms with Gasteiger partial charge in [-0.25, -0.2) is 0 Å². The second-order valence-electron chi connectivity index (χ2n) is 4.89. The van der Waals surface area contributed by atoms with Crippen LogP contribution in [0, 0.1) is 0 Å². The van der Waals surface area contributed by atoms with Crippen molar-refractivity contribution in [3.63, 3.8) is 0 Å². The quantitative estimate of drug-likeness (QED) is 0.817. The summed E-state index contributed by atoms with van der Waals surface area (Å²) in [6.45, 7) is 3.42. The topological polar surface area (TPSA) is 29.9 Å². The Morgan fingerprint density at radius 1 is 1.47 bits per heavy atom. The van der Waals surface area contributed by atoms with Gasteiger partial charge in [0.2, 0.25) is 0 Å². The minimum absolute atomic E-state index is 0.401. The third-order valence-electron chi connectivity index (χ3n) is 3.56. The van der Waals surface area contributed by atoms with E-state index < -0.39 is 0 Å². The van der Waals surface area contributed by atoms with E-state index in [2.05, 4.69) is 23.4 Å². The smallest absolute Gasteiger partial charge is 0.0492 e. The fraction of sp³-hybridized carbons (Fsp3) is 0.750. The van der Waals surface area contributed by atoms with Crippen LogP contribution in [0.2, 0.25) is 0 Å². The molecule has 3 nitrogen and oxygen atoms in total.